The first kappa shape index (κ1) is 24.8. The highest BCUT2D eigenvalue weighted by molar-refractivity contribution is 5.85. The highest BCUT2D eigenvalue weighted by atomic mass is 35.5. The Balaban J connectivity index is 0.00000196. The average molecular weight is 436 g/mol. The van der Waals surface area contributed by atoms with Crippen LogP contribution in [-0.4, -0.2) is 70.0 Å². The van der Waals surface area contributed by atoms with Gasteiger partial charge in [-0.25, -0.2) is 0 Å². The molecule has 2 aliphatic rings. The summed E-state index contributed by atoms with van der Waals surface area (Å²) in [6, 6.07) is 6.27. The number of nitrogens with one attached hydrogen (secondary N) is 2. The highest BCUT2D eigenvalue weighted by Crippen LogP contribution is 2.24. The number of likely N-dealkylation sites (tertiary alicyclic amines) is 1. The lowest BCUT2D eigenvalue weighted by Crippen LogP contribution is -2.46. The maximum atomic E-state index is 12.2. The van der Waals surface area contributed by atoms with Gasteiger partial charge in [0.25, 0.3) is 0 Å². The molecule has 0 spiro atoms. The quantitative estimate of drug-likeness (QED) is 0.677. The Hall–Kier alpha value is -1.25. The van der Waals surface area contributed by atoms with Gasteiger partial charge in [0, 0.05) is 50.7 Å². The van der Waals surface area contributed by atoms with E-state index in [1.807, 2.05) is 18.2 Å². The molecule has 0 saturated carbocycles. The van der Waals surface area contributed by atoms with Crippen LogP contribution >= 0.6 is 24.8 Å². The van der Waals surface area contributed by atoms with E-state index in [1.165, 1.54) is 0 Å². The van der Waals surface area contributed by atoms with Crippen molar-refractivity contribution in [2.24, 2.45) is 0 Å². The van der Waals surface area contributed by atoms with Gasteiger partial charge in [-0.05, 0) is 24.1 Å². The molecule has 28 heavy (non-hydrogen) atoms. The van der Waals surface area contributed by atoms with Gasteiger partial charge < -0.3 is 24.8 Å². The number of nitrogens with zero attached hydrogens (tertiary/aromatic N) is 1. The van der Waals surface area contributed by atoms with E-state index >= 15 is 0 Å². The van der Waals surface area contributed by atoms with Crippen LogP contribution in [0.2, 0.25) is 0 Å². The van der Waals surface area contributed by atoms with Gasteiger partial charge >= 0.3 is 0 Å². The molecule has 7 nitrogen and oxygen atoms in total. The van der Waals surface area contributed by atoms with E-state index in [0.717, 1.165) is 56.3 Å². The number of hydrogen-bond acceptors (Lipinski definition) is 6. The van der Waals surface area contributed by atoms with Crippen molar-refractivity contribution in [1.82, 2.24) is 15.5 Å². The van der Waals surface area contributed by atoms with Crippen LogP contribution in [0.3, 0.4) is 0 Å². The van der Waals surface area contributed by atoms with Crippen molar-refractivity contribution in [3.8, 4) is 11.5 Å². The predicted octanol–water partition coefficient (Wildman–Crippen LogP) is 1.62. The highest BCUT2D eigenvalue weighted by Gasteiger charge is 2.25. The fraction of sp³-hybridized carbons (Fsp3) is 0.632. The SMILES string of the molecule is COc1cc(CN2CCC(NC(=O)CC3COCCN3)C2)cc(OC)c1.Cl.Cl. The molecule has 3 rings (SSSR count). The number of rotatable bonds is 7. The Labute approximate surface area is 179 Å². The molecule has 0 radical (unpaired) electrons. The normalized spacial score (nSPS) is 21.9. The van der Waals surface area contributed by atoms with Crippen molar-refractivity contribution in [3.63, 3.8) is 0 Å². The number of ether oxygens (including phenoxy) is 3. The van der Waals surface area contributed by atoms with Crippen molar-refractivity contribution in [2.75, 3.05) is 47.1 Å². The first-order valence-corrected chi connectivity index (χ1v) is 9.21. The van der Waals surface area contributed by atoms with Crippen LogP contribution in [0.15, 0.2) is 18.2 Å². The molecule has 2 atom stereocenters. The summed E-state index contributed by atoms with van der Waals surface area (Å²) in [5.41, 5.74) is 1.15. The Bertz CT molecular complexity index is 593. The van der Waals surface area contributed by atoms with Gasteiger partial charge in [0.15, 0.2) is 0 Å². The van der Waals surface area contributed by atoms with E-state index in [2.05, 4.69) is 15.5 Å². The van der Waals surface area contributed by atoms with Crippen LogP contribution in [0.4, 0.5) is 0 Å². The number of benzene rings is 1. The summed E-state index contributed by atoms with van der Waals surface area (Å²) in [5, 5.41) is 6.48. The van der Waals surface area contributed by atoms with E-state index in [4.69, 9.17) is 14.2 Å². The molecule has 1 amide bonds. The fourth-order valence-electron chi connectivity index (χ4n) is 3.57. The number of amides is 1. The van der Waals surface area contributed by atoms with Gasteiger partial charge in [-0.3, -0.25) is 9.69 Å². The summed E-state index contributed by atoms with van der Waals surface area (Å²) in [5.74, 6) is 1.69. The standard InChI is InChI=1S/C19H29N3O4.2ClH/c1-24-17-7-14(8-18(10-17)25-2)11-22-5-3-15(12-22)21-19(23)9-16-13-26-6-4-20-16;;/h7-8,10,15-16,20H,3-6,9,11-13H2,1-2H3,(H,21,23);2*1H. The van der Waals surface area contributed by atoms with Gasteiger partial charge in [0.1, 0.15) is 11.5 Å². The van der Waals surface area contributed by atoms with E-state index in [9.17, 15) is 4.79 Å². The third kappa shape index (κ3) is 7.29. The van der Waals surface area contributed by atoms with Crippen LogP contribution in [-0.2, 0) is 16.1 Å². The minimum Gasteiger partial charge on any atom is -0.497 e. The van der Waals surface area contributed by atoms with Gasteiger partial charge in [-0.15, -0.1) is 24.8 Å². The van der Waals surface area contributed by atoms with Crippen LogP contribution in [0.1, 0.15) is 18.4 Å². The smallest absolute Gasteiger partial charge is 0.221 e. The molecule has 2 unspecified atom stereocenters. The first-order chi connectivity index (χ1) is 12.7. The van der Waals surface area contributed by atoms with E-state index in [0.29, 0.717) is 13.0 Å². The largest absolute Gasteiger partial charge is 0.497 e. The number of halogens is 2. The molecule has 2 fully saturated rings. The number of carbonyl (C=O) groups excluding carboxylic acids is 1. The minimum atomic E-state index is 0. The van der Waals surface area contributed by atoms with Crippen molar-refractivity contribution < 1.29 is 19.0 Å². The molecule has 1 aromatic rings. The third-order valence-electron chi connectivity index (χ3n) is 4.89. The topological polar surface area (TPSA) is 72.1 Å². The lowest BCUT2D eigenvalue weighted by Gasteiger charge is -2.24. The molecule has 2 N–H and O–H groups in total. The molecular formula is C19H31Cl2N3O4. The molecule has 160 valence electrons. The second kappa shape index (κ2) is 12.3. The van der Waals surface area contributed by atoms with Crippen molar-refractivity contribution in [2.45, 2.75) is 31.5 Å². The van der Waals surface area contributed by atoms with Crippen molar-refractivity contribution in [3.05, 3.63) is 23.8 Å². The van der Waals surface area contributed by atoms with Crippen molar-refractivity contribution in [1.29, 1.82) is 0 Å². The number of morpholine rings is 1. The summed E-state index contributed by atoms with van der Waals surface area (Å²) in [6.45, 7) is 4.80. The van der Waals surface area contributed by atoms with Crippen LogP contribution in [0.25, 0.3) is 0 Å². The molecule has 0 aliphatic carbocycles. The zero-order valence-electron chi connectivity index (χ0n) is 16.4. The van der Waals surface area contributed by atoms with E-state index in [1.54, 1.807) is 14.2 Å². The van der Waals surface area contributed by atoms with Gasteiger partial charge in [-0.1, -0.05) is 0 Å². The molecule has 9 heteroatoms. The summed E-state index contributed by atoms with van der Waals surface area (Å²) >= 11 is 0. The Morgan fingerprint density at radius 2 is 1.96 bits per heavy atom. The van der Waals surface area contributed by atoms with Crippen LogP contribution in [0, 0.1) is 0 Å². The van der Waals surface area contributed by atoms with Gasteiger partial charge in [0.2, 0.25) is 5.91 Å². The summed E-state index contributed by atoms with van der Waals surface area (Å²) in [7, 11) is 3.32. The molecule has 0 bridgehead atoms. The minimum absolute atomic E-state index is 0. The van der Waals surface area contributed by atoms with Gasteiger partial charge in [-0.2, -0.15) is 0 Å². The van der Waals surface area contributed by atoms with Crippen molar-refractivity contribution >= 4 is 30.7 Å². The zero-order valence-corrected chi connectivity index (χ0v) is 18.1. The monoisotopic (exact) mass is 435 g/mol. The average Bonchev–Trinajstić information content (AvgIpc) is 3.08. The maximum absolute atomic E-state index is 12.2. The molecule has 2 heterocycles. The summed E-state index contributed by atoms with van der Waals surface area (Å²) in [6.07, 6.45) is 1.45. The Kier molecular flexibility index (Phi) is 10.9. The second-order valence-electron chi connectivity index (χ2n) is 6.94. The number of hydrogen-bond donors (Lipinski definition) is 2. The van der Waals surface area contributed by atoms with E-state index < -0.39 is 0 Å². The number of methoxy groups -OCH3 is 2. The zero-order chi connectivity index (χ0) is 18.4. The lowest BCUT2D eigenvalue weighted by molar-refractivity contribution is -0.122. The van der Waals surface area contributed by atoms with Crippen LogP contribution in [0.5, 0.6) is 11.5 Å². The van der Waals surface area contributed by atoms with Gasteiger partial charge in [0.05, 0.1) is 27.4 Å². The molecular weight excluding hydrogens is 405 g/mol. The number of carbonyl (C=O) groups is 1. The molecule has 1 aromatic carbocycles. The lowest BCUT2D eigenvalue weighted by atomic mass is 10.1. The molecule has 2 aliphatic heterocycles. The third-order valence-corrected chi connectivity index (χ3v) is 4.89. The molecule has 2 saturated heterocycles. The summed E-state index contributed by atoms with van der Waals surface area (Å²) in [4.78, 5) is 14.6. The maximum Gasteiger partial charge on any atom is 0.221 e. The Morgan fingerprint density at radius 3 is 2.57 bits per heavy atom. The predicted molar refractivity (Wildman–Crippen MR) is 113 cm³/mol. The first-order valence-electron chi connectivity index (χ1n) is 9.21. The Morgan fingerprint density at radius 1 is 1.25 bits per heavy atom. The second-order valence-corrected chi connectivity index (χ2v) is 6.94. The van der Waals surface area contributed by atoms with Crippen LogP contribution < -0.4 is 20.1 Å². The fourth-order valence-corrected chi connectivity index (χ4v) is 3.57. The molecule has 0 aromatic heterocycles. The summed E-state index contributed by atoms with van der Waals surface area (Å²) < 4.78 is 16.1. The van der Waals surface area contributed by atoms with E-state index in [-0.39, 0.29) is 42.8 Å².